The normalized spacial score (nSPS) is 13.5. The highest BCUT2D eigenvalue weighted by molar-refractivity contribution is 5.78. The maximum Gasteiger partial charge on any atom is 0.248 e. The Bertz CT molecular complexity index is 778. The van der Waals surface area contributed by atoms with Crippen LogP contribution in [0.1, 0.15) is 18.7 Å². The predicted molar refractivity (Wildman–Crippen MR) is 96.9 cm³/mol. The van der Waals surface area contributed by atoms with Crippen molar-refractivity contribution in [2.75, 3.05) is 34.9 Å². The van der Waals surface area contributed by atoms with Gasteiger partial charge in [0.15, 0.2) is 11.5 Å². The number of ether oxygens (including phenoxy) is 3. The quantitative estimate of drug-likeness (QED) is 0.702. The lowest BCUT2D eigenvalue weighted by molar-refractivity contribution is -0.122. The van der Waals surface area contributed by atoms with Gasteiger partial charge in [0.05, 0.1) is 34.4 Å². The van der Waals surface area contributed by atoms with E-state index in [1.54, 1.807) is 33.5 Å². The van der Waals surface area contributed by atoms with Gasteiger partial charge in [0.1, 0.15) is 0 Å². The Balaban J connectivity index is 1.70. The Morgan fingerprint density at radius 2 is 1.85 bits per heavy atom. The third kappa shape index (κ3) is 4.68. The van der Waals surface area contributed by atoms with Crippen molar-refractivity contribution >= 4 is 5.91 Å². The van der Waals surface area contributed by atoms with Gasteiger partial charge in [0, 0.05) is 11.6 Å². The van der Waals surface area contributed by atoms with Crippen LogP contribution in [-0.4, -0.2) is 62.0 Å². The zero-order valence-electron chi connectivity index (χ0n) is 15.9. The van der Waals surface area contributed by atoms with Crippen LogP contribution >= 0.6 is 0 Å². The van der Waals surface area contributed by atoms with Gasteiger partial charge in [-0.05, 0) is 32.0 Å². The second kappa shape index (κ2) is 8.26. The third-order valence-corrected chi connectivity index (χ3v) is 4.14. The summed E-state index contributed by atoms with van der Waals surface area (Å²) in [5.41, 5.74) is 0.650. The highest BCUT2D eigenvalue weighted by Gasteiger charge is 2.24. The van der Waals surface area contributed by atoms with Gasteiger partial charge in [0.25, 0.3) is 0 Å². The SMILES string of the molecule is COc1cc(-c2nnc(CN(C)CC(=O)NC3CC3)o2)cc(OC)c1OC. The van der Waals surface area contributed by atoms with Crippen LogP contribution in [0.15, 0.2) is 16.5 Å². The first-order valence-electron chi connectivity index (χ1n) is 8.64. The highest BCUT2D eigenvalue weighted by atomic mass is 16.5. The molecule has 0 bridgehead atoms. The molecule has 9 heteroatoms. The average Bonchev–Trinajstić information content (AvgIpc) is 3.34. The number of hydrogen-bond acceptors (Lipinski definition) is 8. The molecule has 0 unspecified atom stereocenters. The molecular formula is C18H24N4O5. The van der Waals surface area contributed by atoms with Crippen LogP contribution in [0.2, 0.25) is 0 Å². The van der Waals surface area contributed by atoms with Crippen molar-refractivity contribution in [2.45, 2.75) is 25.4 Å². The van der Waals surface area contributed by atoms with Crippen molar-refractivity contribution in [1.82, 2.24) is 20.4 Å². The molecule has 1 aromatic heterocycles. The molecule has 9 nitrogen and oxygen atoms in total. The van der Waals surface area contributed by atoms with E-state index in [-0.39, 0.29) is 12.5 Å². The Hall–Kier alpha value is -2.81. The molecule has 1 N–H and O–H groups in total. The maximum absolute atomic E-state index is 11.9. The lowest BCUT2D eigenvalue weighted by Gasteiger charge is -2.13. The zero-order valence-corrected chi connectivity index (χ0v) is 15.9. The van der Waals surface area contributed by atoms with Gasteiger partial charge in [-0.2, -0.15) is 0 Å². The van der Waals surface area contributed by atoms with Crippen LogP contribution in [0.5, 0.6) is 17.2 Å². The van der Waals surface area contributed by atoms with E-state index in [4.69, 9.17) is 18.6 Å². The molecule has 1 aromatic carbocycles. The second-order valence-electron chi connectivity index (χ2n) is 6.43. The molecule has 2 aromatic rings. The fourth-order valence-electron chi connectivity index (χ4n) is 2.67. The lowest BCUT2D eigenvalue weighted by Crippen LogP contribution is -2.36. The molecular weight excluding hydrogens is 352 g/mol. The number of carbonyl (C=O) groups is 1. The first kappa shape index (κ1) is 19.0. The molecule has 146 valence electrons. The van der Waals surface area contributed by atoms with E-state index in [0.717, 1.165) is 12.8 Å². The first-order chi connectivity index (χ1) is 13.0. The average molecular weight is 376 g/mol. The standard InChI is InChI=1S/C18H24N4O5/c1-22(9-15(23)19-12-5-6-12)10-16-20-21-18(27-16)11-7-13(24-2)17(26-4)14(8-11)25-3/h7-8,12H,5-6,9-10H2,1-4H3,(H,19,23). The number of rotatable bonds is 9. The minimum atomic E-state index is 0.00404. The lowest BCUT2D eigenvalue weighted by atomic mass is 10.2. The molecule has 0 spiro atoms. The third-order valence-electron chi connectivity index (χ3n) is 4.14. The fourth-order valence-corrected chi connectivity index (χ4v) is 2.67. The van der Waals surface area contributed by atoms with Gasteiger partial charge in [-0.25, -0.2) is 0 Å². The van der Waals surface area contributed by atoms with Crippen LogP contribution in [0.25, 0.3) is 11.5 Å². The summed E-state index contributed by atoms with van der Waals surface area (Å²) in [4.78, 5) is 13.7. The smallest absolute Gasteiger partial charge is 0.248 e. The minimum Gasteiger partial charge on any atom is -0.493 e. The number of carbonyl (C=O) groups excluding carboxylic acids is 1. The van der Waals surface area contributed by atoms with Gasteiger partial charge in [-0.3, -0.25) is 9.69 Å². The topological polar surface area (TPSA) is 99.0 Å². The molecule has 27 heavy (non-hydrogen) atoms. The van der Waals surface area contributed by atoms with Gasteiger partial charge in [0.2, 0.25) is 23.4 Å². The molecule has 1 saturated carbocycles. The first-order valence-corrected chi connectivity index (χ1v) is 8.64. The number of hydrogen-bond donors (Lipinski definition) is 1. The molecule has 0 aliphatic heterocycles. The van der Waals surface area contributed by atoms with E-state index >= 15 is 0 Å². The van der Waals surface area contributed by atoms with E-state index < -0.39 is 0 Å². The molecule has 0 atom stereocenters. The summed E-state index contributed by atoms with van der Waals surface area (Å²) in [7, 11) is 6.46. The predicted octanol–water partition coefficient (Wildman–Crippen LogP) is 1.47. The number of nitrogens with one attached hydrogen (secondary N) is 1. The second-order valence-corrected chi connectivity index (χ2v) is 6.43. The fraction of sp³-hybridized carbons (Fsp3) is 0.500. The molecule has 1 heterocycles. The number of amides is 1. The van der Waals surface area contributed by atoms with Gasteiger partial charge < -0.3 is 23.9 Å². The van der Waals surface area contributed by atoms with E-state index in [1.165, 1.54) is 0 Å². The summed E-state index contributed by atoms with van der Waals surface area (Å²) in [5.74, 6) is 2.25. The summed E-state index contributed by atoms with van der Waals surface area (Å²) in [6, 6.07) is 3.83. The minimum absolute atomic E-state index is 0.00404. The molecule has 0 saturated heterocycles. The van der Waals surface area contributed by atoms with E-state index in [9.17, 15) is 4.79 Å². The number of likely N-dealkylation sites (N-methyl/N-ethyl adjacent to an activating group) is 1. The van der Waals surface area contributed by atoms with Crippen LogP contribution in [0, 0.1) is 0 Å². The van der Waals surface area contributed by atoms with Crippen LogP contribution in [-0.2, 0) is 11.3 Å². The van der Waals surface area contributed by atoms with Crippen molar-refractivity contribution in [3.63, 3.8) is 0 Å². The van der Waals surface area contributed by atoms with Crippen molar-refractivity contribution in [3.05, 3.63) is 18.0 Å². The Labute approximate surface area is 157 Å². The van der Waals surface area contributed by atoms with E-state index in [1.807, 2.05) is 11.9 Å². The van der Waals surface area contributed by atoms with Crippen molar-refractivity contribution in [1.29, 1.82) is 0 Å². The molecule has 3 rings (SSSR count). The van der Waals surface area contributed by atoms with Gasteiger partial charge >= 0.3 is 0 Å². The van der Waals surface area contributed by atoms with E-state index in [2.05, 4.69) is 15.5 Å². The Morgan fingerprint density at radius 3 is 2.41 bits per heavy atom. The molecule has 1 amide bonds. The number of methoxy groups -OCH3 is 3. The van der Waals surface area contributed by atoms with E-state index in [0.29, 0.717) is 47.2 Å². The summed E-state index contributed by atoms with van der Waals surface area (Å²) in [6.45, 7) is 0.647. The number of nitrogens with zero attached hydrogens (tertiary/aromatic N) is 3. The summed E-state index contributed by atoms with van der Waals surface area (Å²) < 4.78 is 21.7. The largest absolute Gasteiger partial charge is 0.493 e. The molecule has 0 radical (unpaired) electrons. The van der Waals surface area contributed by atoms with Crippen molar-refractivity contribution in [2.24, 2.45) is 0 Å². The maximum atomic E-state index is 11.9. The van der Waals surface area contributed by atoms with Crippen molar-refractivity contribution < 1.29 is 23.4 Å². The summed E-state index contributed by atoms with van der Waals surface area (Å²) >= 11 is 0. The molecule has 1 aliphatic carbocycles. The summed E-state index contributed by atoms with van der Waals surface area (Å²) in [5, 5.41) is 11.1. The highest BCUT2D eigenvalue weighted by Crippen LogP contribution is 2.40. The van der Waals surface area contributed by atoms with Crippen LogP contribution in [0.3, 0.4) is 0 Å². The van der Waals surface area contributed by atoms with Crippen molar-refractivity contribution in [3.8, 4) is 28.7 Å². The Morgan fingerprint density at radius 1 is 1.19 bits per heavy atom. The summed E-state index contributed by atoms with van der Waals surface area (Å²) in [6.07, 6.45) is 2.13. The number of benzene rings is 1. The monoisotopic (exact) mass is 376 g/mol. The zero-order chi connectivity index (χ0) is 19.4. The van der Waals surface area contributed by atoms with Crippen LogP contribution in [0.4, 0.5) is 0 Å². The van der Waals surface area contributed by atoms with Gasteiger partial charge in [-0.1, -0.05) is 0 Å². The number of aromatic nitrogens is 2. The molecule has 1 fully saturated rings. The van der Waals surface area contributed by atoms with Crippen LogP contribution < -0.4 is 19.5 Å². The van der Waals surface area contributed by atoms with Gasteiger partial charge in [-0.15, -0.1) is 10.2 Å². The Kier molecular flexibility index (Phi) is 5.80. The molecule has 1 aliphatic rings.